The molecule has 21 heavy (non-hydrogen) atoms. The minimum absolute atomic E-state index is 0.373. The molecule has 0 saturated carbocycles. The lowest BCUT2D eigenvalue weighted by molar-refractivity contribution is 0.661. The molecule has 1 atom stereocenters. The van der Waals surface area contributed by atoms with Gasteiger partial charge in [0.2, 0.25) is 0 Å². The minimum atomic E-state index is 0.373. The van der Waals surface area contributed by atoms with Gasteiger partial charge in [-0.1, -0.05) is 49.7 Å². The van der Waals surface area contributed by atoms with Gasteiger partial charge in [0.25, 0.3) is 0 Å². The summed E-state index contributed by atoms with van der Waals surface area (Å²) in [6.07, 6.45) is 2.36. The lowest BCUT2D eigenvalue weighted by Gasteiger charge is -2.17. The lowest BCUT2D eigenvalue weighted by Crippen LogP contribution is -2.18. The number of aryl methyl sites for hydroxylation is 1. The maximum atomic E-state index is 3.61. The van der Waals surface area contributed by atoms with Gasteiger partial charge in [-0.3, -0.25) is 0 Å². The highest BCUT2D eigenvalue weighted by atomic mass is 79.9. The van der Waals surface area contributed by atoms with E-state index in [9.17, 15) is 0 Å². The minimum Gasteiger partial charge on any atom is -0.312 e. The quantitative estimate of drug-likeness (QED) is 0.655. The van der Waals surface area contributed by atoms with Crippen molar-refractivity contribution < 1.29 is 0 Å². The van der Waals surface area contributed by atoms with Crippen molar-refractivity contribution in [1.82, 2.24) is 5.32 Å². The van der Waals surface area contributed by atoms with Crippen LogP contribution in [0.5, 0.6) is 0 Å². The fraction of sp³-hybridized carbons (Fsp3) is 0.333. The summed E-state index contributed by atoms with van der Waals surface area (Å²) in [6.45, 7) is 2.22. The summed E-state index contributed by atoms with van der Waals surface area (Å²) in [7, 11) is 2.03. The van der Waals surface area contributed by atoms with E-state index in [-0.39, 0.29) is 0 Å². The fourth-order valence-electron chi connectivity index (χ4n) is 2.29. The molecule has 0 saturated heterocycles. The van der Waals surface area contributed by atoms with Crippen molar-refractivity contribution in [2.45, 2.75) is 30.7 Å². The van der Waals surface area contributed by atoms with Crippen LogP contribution in [0.1, 0.15) is 30.5 Å². The molecule has 0 aliphatic carbocycles. The monoisotopic (exact) mass is 363 g/mol. The van der Waals surface area contributed by atoms with Crippen LogP contribution in [0.15, 0.2) is 57.9 Å². The second-order valence-corrected chi connectivity index (χ2v) is 6.99. The van der Waals surface area contributed by atoms with Crippen LogP contribution in [0, 0.1) is 0 Å². The van der Waals surface area contributed by atoms with E-state index in [0.29, 0.717) is 6.04 Å². The van der Waals surface area contributed by atoms with Crippen LogP contribution in [0.25, 0.3) is 0 Å². The topological polar surface area (TPSA) is 12.0 Å². The molecular weight excluding hydrogens is 342 g/mol. The molecule has 0 heterocycles. The molecule has 0 aromatic heterocycles. The van der Waals surface area contributed by atoms with Gasteiger partial charge < -0.3 is 5.32 Å². The largest absolute Gasteiger partial charge is 0.312 e. The van der Waals surface area contributed by atoms with Crippen LogP contribution in [-0.4, -0.2) is 12.8 Å². The Morgan fingerprint density at radius 1 is 1.10 bits per heavy atom. The van der Waals surface area contributed by atoms with E-state index in [0.717, 1.165) is 12.2 Å². The molecule has 2 aromatic carbocycles. The highest BCUT2D eigenvalue weighted by molar-refractivity contribution is 9.10. The number of rotatable bonds is 7. The molecule has 2 rings (SSSR count). The van der Waals surface area contributed by atoms with Crippen molar-refractivity contribution >= 4 is 27.7 Å². The third-order valence-corrected chi connectivity index (χ3v) is 5.63. The smallest absolute Gasteiger partial charge is 0.0412 e. The van der Waals surface area contributed by atoms with E-state index >= 15 is 0 Å². The molecule has 0 radical (unpaired) electrons. The number of hydrogen-bond donors (Lipinski definition) is 1. The molecule has 0 amide bonds. The van der Waals surface area contributed by atoms with Crippen molar-refractivity contribution in [3.05, 3.63) is 64.1 Å². The second kappa shape index (κ2) is 8.62. The van der Waals surface area contributed by atoms with Gasteiger partial charge in [-0.2, -0.15) is 0 Å². The molecule has 1 N–H and O–H groups in total. The van der Waals surface area contributed by atoms with Crippen molar-refractivity contribution in [1.29, 1.82) is 0 Å². The maximum Gasteiger partial charge on any atom is 0.0412 e. The third-order valence-electron chi connectivity index (χ3n) is 3.51. The van der Waals surface area contributed by atoms with Crippen LogP contribution < -0.4 is 5.32 Å². The van der Waals surface area contributed by atoms with Crippen LogP contribution in [0.2, 0.25) is 0 Å². The normalized spacial score (nSPS) is 12.3. The highest BCUT2D eigenvalue weighted by Gasteiger charge is 2.10. The molecule has 2 aromatic rings. The summed E-state index contributed by atoms with van der Waals surface area (Å²) >= 11 is 5.49. The van der Waals surface area contributed by atoms with Gasteiger partial charge in [0.1, 0.15) is 0 Å². The maximum absolute atomic E-state index is 3.61. The summed E-state index contributed by atoms with van der Waals surface area (Å²) in [6, 6.07) is 17.8. The van der Waals surface area contributed by atoms with Crippen LogP contribution >= 0.6 is 27.7 Å². The summed E-state index contributed by atoms with van der Waals surface area (Å²) < 4.78 is 1.17. The molecule has 0 aliphatic rings. The summed E-state index contributed by atoms with van der Waals surface area (Å²) in [5, 5.41) is 3.42. The zero-order valence-corrected chi connectivity index (χ0v) is 15.0. The lowest BCUT2D eigenvalue weighted by atomic mass is 10.0. The predicted molar refractivity (Wildman–Crippen MR) is 97.1 cm³/mol. The number of thioether (sulfide) groups is 1. The zero-order chi connectivity index (χ0) is 15.1. The van der Waals surface area contributed by atoms with Gasteiger partial charge in [0.15, 0.2) is 0 Å². The van der Waals surface area contributed by atoms with E-state index in [4.69, 9.17) is 0 Å². The highest BCUT2D eigenvalue weighted by Crippen LogP contribution is 2.30. The first kappa shape index (κ1) is 16.6. The zero-order valence-electron chi connectivity index (χ0n) is 12.6. The fourth-order valence-corrected chi connectivity index (χ4v) is 4.00. The molecule has 3 heteroatoms. The first-order valence-corrected chi connectivity index (χ1v) is 9.16. The number of hydrogen-bond acceptors (Lipinski definition) is 2. The first-order valence-electron chi connectivity index (χ1n) is 7.38. The van der Waals surface area contributed by atoms with Crippen LogP contribution in [-0.2, 0) is 6.42 Å². The Morgan fingerprint density at radius 3 is 2.43 bits per heavy atom. The number of halogens is 1. The van der Waals surface area contributed by atoms with Gasteiger partial charge >= 0.3 is 0 Å². The summed E-state index contributed by atoms with van der Waals surface area (Å²) in [5.74, 6) is 1.02. The Morgan fingerprint density at radius 2 is 1.81 bits per heavy atom. The molecule has 0 spiro atoms. The van der Waals surface area contributed by atoms with Crippen molar-refractivity contribution in [3.8, 4) is 0 Å². The average molecular weight is 364 g/mol. The SMILES string of the molecule is CCCc1ccc(C(CSc2ccccc2Br)NC)cc1. The van der Waals surface area contributed by atoms with Gasteiger partial charge in [-0.25, -0.2) is 0 Å². The molecule has 0 bridgehead atoms. The second-order valence-electron chi connectivity index (χ2n) is 5.07. The van der Waals surface area contributed by atoms with Crippen molar-refractivity contribution in [2.75, 3.05) is 12.8 Å². The Labute approximate surface area is 140 Å². The van der Waals surface area contributed by atoms with Gasteiger partial charge in [-0.15, -0.1) is 11.8 Å². The summed E-state index contributed by atoms with van der Waals surface area (Å²) in [4.78, 5) is 1.29. The van der Waals surface area contributed by atoms with E-state index < -0.39 is 0 Å². The average Bonchev–Trinajstić information content (AvgIpc) is 2.51. The van der Waals surface area contributed by atoms with E-state index in [1.807, 2.05) is 18.8 Å². The van der Waals surface area contributed by atoms with Crippen LogP contribution in [0.4, 0.5) is 0 Å². The number of nitrogens with one attached hydrogen (secondary N) is 1. The van der Waals surface area contributed by atoms with E-state index in [1.54, 1.807) is 0 Å². The van der Waals surface area contributed by atoms with Gasteiger partial charge in [0.05, 0.1) is 0 Å². The van der Waals surface area contributed by atoms with Crippen molar-refractivity contribution in [2.24, 2.45) is 0 Å². The van der Waals surface area contributed by atoms with Gasteiger partial charge in [0, 0.05) is 21.2 Å². The third kappa shape index (κ3) is 4.87. The number of benzene rings is 2. The van der Waals surface area contributed by atoms with Crippen molar-refractivity contribution in [3.63, 3.8) is 0 Å². The van der Waals surface area contributed by atoms with E-state index in [1.165, 1.54) is 26.9 Å². The first-order chi connectivity index (χ1) is 10.2. The molecule has 0 fully saturated rings. The van der Waals surface area contributed by atoms with Gasteiger partial charge in [-0.05, 0) is 52.7 Å². The standard InChI is InChI=1S/C18H22BrNS/c1-3-6-14-9-11-15(12-10-14)17(20-2)13-21-18-8-5-4-7-16(18)19/h4-5,7-12,17,20H,3,6,13H2,1-2H3. The van der Waals surface area contributed by atoms with Crippen LogP contribution in [0.3, 0.4) is 0 Å². The molecular formula is C18H22BrNS. The Balaban J connectivity index is 2.01. The predicted octanol–water partition coefficient (Wildman–Crippen LogP) is 5.45. The Hall–Kier alpha value is -0.770. The summed E-state index contributed by atoms with van der Waals surface area (Å²) in [5.41, 5.74) is 2.78. The van der Waals surface area contributed by atoms with E-state index in [2.05, 4.69) is 76.7 Å². The molecule has 1 nitrogen and oxygen atoms in total. The Kier molecular flexibility index (Phi) is 6.81. The Bertz CT molecular complexity index is 553. The molecule has 0 aliphatic heterocycles. The molecule has 112 valence electrons. The molecule has 1 unspecified atom stereocenters.